The molecule has 16 heavy (non-hydrogen) atoms. The first kappa shape index (κ1) is 10.9. The van der Waals surface area contributed by atoms with Gasteiger partial charge >= 0.3 is 0 Å². The molecule has 84 valence electrons. The van der Waals surface area contributed by atoms with Crippen molar-refractivity contribution in [3.8, 4) is 5.69 Å². The molecule has 2 nitrogen and oxygen atoms in total. The highest BCUT2D eigenvalue weighted by atomic mass is 19.1. The first-order valence-corrected chi connectivity index (χ1v) is 5.50. The Kier molecular flexibility index (Phi) is 3.04. The summed E-state index contributed by atoms with van der Waals surface area (Å²) in [5.41, 5.74) is 1.59. The molecule has 0 spiro atoms. The fourth-order valence-corrected chi connectivity index (χ4v) is 1.71. The molecule has 0 N–H and O–H groups in total. The summed E-state index contributed by atoms with van der Waals surface area (Å²) in [7, 11) is 0. The van der Waals surface area contributed by atoms with E-state index in [-0.39, 0.29) is 11.7 Å². The van der Waals surface area contributed by atoms with Crippen LogP contribution >= 0.6 is 0 Å². The van der Waals surface area contributed by atoms with Crippen molar-refractivity contribution >= 4 is 0 Å². The lowest BCUT2D eigenvalue weighted by atomic mass is 9.98. The van der Waals surface area contributed by atoms with Crippen LogP contribution in [0.5, 0.6) is 0 Å². The monoisotopic (exact) mass is 218 g/mol. The van der Waals surface area contributed by atoms with Crippen molar-refractivity contribution in [2.75, 3.05) is 0 Å². The van der Waals surface area contributed by atoms with Crippen molar-refractivity contribution in [1.29, 1.82) is 0 Å². The molecule has 0 aliphatic carbocycles. The Morgan fingerprint density at radius 1 is 1.44 bits per heavy atom. The minimum Gasteiger partial charge on any atom is -0.306 e. The summed E-state index contributed by atoms with van der Waals surface area (Å²) in [6.07, 6.45) is 6.09. The lowest BCUT2D eigenvalue weighted by Crippen LogP contribution is -1.98. The molecule has 1 heterocycles. The van der Waals surface area contributed by atoms with E-state index in [1.165, 1.54) is 0 Å². The zero-order valence-corrected chi connectivity index (χ0v) is 9.52. The smallest absolute Gasteiger partial charge is 0.128 e. The molecule has 0 radical (unpaired) electrons. The fraction of sp³-hybridized carbons (Fsp3) is 0.308. The fourth-order valence-electron chi connectivity index (χ4n) is 1.71. The summed E-state index contributed by atoms with van der Waals surface area (Å²) in [5, 5.41) is 0. The third-order valence-electron chi connectivity index (χ3n) is 2.93. The van der Waals surface area contributed by atoms with Crippen LogP contribution in [0.3, 0.4) is 0 Å². The van der Waals surface area contributed by atoms with Crippen molar-refractivity contribution < 1.29 is 4.39 Å². The van der Waals surface area contributed by atoms with E-state index >= 15 is 0 Å². The molecule has 1 atom stereocenters. The van der Waals surface area contributed by atoms with Crippen LogP contribution in [0.2, 0.25) is 0 Å². The number of aromatic nitrogens is 2. The predicted molar refractivity (Wildman–Crippen MR) is 62.2 cm³/mol. The van der Waals surface area contributed by atoms with Gasteiger partial charge in [0, 0.05) is 18.1 Å². The van der Waals surface area contributed by atoms with Gasteiger partial charge in [-0.1, -0.05) is 19.9 Å². The van der Waals surface area contributed by atoms with Gasteiger partial charge in [0.15, 0.2) is 0 Å². The summed E-state index contributed by atoms with van der Waals surface area (Å²) >= 11 is 0. The molecule has 3 heteroatoms. The number of benzene rings is 1. The second-order valence-corrected chi connectivity index (χ2v) is 3.99. The number of hydrogen-bond donors (Lipinski definition) is 0. The Morgan fingerprint density at radius 2 is 2.25 bits per heavy atom. The average molecular weight is 218 g/mol. The number of nitrogens with zero attached hydrogens (tertiary/aromatic N) is 2. The van der Waals surface area contributed by atoms with Crippen LogP contribution in [-0.4, -0.2) is 9.55 Å². The number of rotatable bonds is 3. The van der Waals surface area contributed by atoms with Gasteiger partial charge in [0.2, 0.25) is 0 Å². The highest BCUT2D eigenvalue weighted by molar-refractivity contribution is 5.36. The molecule has 0 amide bonds. The minimum atomic E-state index is -0.138. The van der Waals surface area contributed by atoms with E-state index in [9.17, 15) is 4.39 Å². The van der Waals surface area contributed by atoms with Gasteiger partial charge < -0.3 is 4.57 Å². The van der Waals surface area contributed by atoms with Crippen LogP contribution < -0.4 is 0 Å². The van der Waals surface area contributed by atoms with Crippen LogP contribution in [0.15, 0.2) is 36.9 Å². The van der Waals surface area contributed by atoms with Gasteiger partial charge in [-0.2, -0.15) is 0 Å². The lowest BCUT2D eigenvalue weighted by molar-refractivity contribution is 0.582. The molecular formula is C13H15FN2. The van der Waals surface area contributed by atoms with E-state index in [0.717, 1.165) is 17.7 Å². The predicted octanol–water partition coefficient (Wildman–Crippen LogP) is 3.52. The highest BCUT2D eigenvalue weighted by Gasteiger charge is 2.09. The van der Waals surface area contributed by atoms with Gasteiger partial charge in [-0.25, -0.2) is 9.37 Å². The Hall–Kier alpha value is -1.64. The van der Waals surface area contributed by atoms with Gasteiger partial charge in [-0.3, -0.25) is 0 Å². The van der Waals surface area contributed by atoms with Crippen LogP contribution in [0.25, 0.3) is 5.69 Å². The van der Waals surface area contributed by atoms with E-state index in [4.69, 9.17) is 0 Å². The maximum atomic E-state index is 13.8. The van der Waals surface area contributed by atoms with E-state index < -0.39 is 0 Å². The second-order valence-electron chi connectivity index (χ2n) is 3.99. The highest BCUT2D eigenvalue weighted by Crippen LogP contribution is 2.23. The molecule has 1 aromatic carbocycles. The number of halogens is 1. The molecule has 1 aromatic heterocycles. The van der Waals surface area contributed by atoms with Crippen LogP contribution in [0.4, 0.5) is 4.39 Å². The lowest BCUT2D eigenvalue weighted by Gasteiger charge is -2.11. The molecule has 2 aromatic rings. The zero-order valence-electron chi connectivity index (χ0n) is 9.52. The second kappa shape index (κ2) is 4.47. The summed E-state index contributed by atoms with van der Waals surface area (Å²) in [6.45, 7) is 4.10. The summed E-state index contributed by atoms with van der Waals surface area (Å²) in [5.74, 6) is 0.123. The Bertz CT molecular complexity index is 463. The normalized spacial score (nSPS) is 12.7. The first-order chi connectivity index (χ1) is 7.72. The quantitative estimate of drug-likeness (QED) is 0.770. The van der Waals surface area contributed by atoms with Gasteiger partial charge in [-0.05, 0) is 30.0 Å². The maximum Gasteiger partial charge on any atom is 0.128 e. The standard InChI is InChI=1S/C13H15FN2/c1-3-10(2)12-5-4-11(8-13(12)14)16-7-6-15-9-16/h4-10H,3H2,1-2H3. The van der Waals surface area contributed by atoms with Crippen LogP contribution in [0, 0.1) is 5.82 Å². The summed E-state index contributed by atoms with van der Waals surface area (Å²) < 4.78 is 15.6. The first-order valence-electron chi connectivity index (χ1n) is 5.50. The third-order valence-corrected chi connectivity index (χ3v) is 2.93. The van der Waals surface area contributed by atoms with E-state index in [1.54, 1.807) is 29.4 Å². The molecule has 0 aliphatic rings. The number of imidazole rings is 1. The molecule has 0 saturated carbocycles. The summed E-state index contributed by atoms with van der Waals surface area (Å²) in [4.78, 5) is 3.94. The van der Waals surface area contributed by atoms with Crippen molar-refractivity contribution in [2.24, 2.45) is 0 Å². The maximum absolute atomic E-state index is 13.8. The van der Waals surface area contributed by atoms with Crippen molar-refractivity contribution in [3.63, 3.8) is 0 Å². The molecule has 2 rings (SSSR count). The van der Waals surface area contributed by atoms with Gasteiger partial charge in [0.1, 0.15) is 5.82 Å². The Morgan fingerprint density at radius 3 is 2.81 bits per heavy atom. The van der Waals surface area contributed by atoms with E-state index in [1.807, 2.05) is 19.1 Å². The average Bonchev–Trinajstić information content (AvgIpc) is 2.81. The molecule has 0 fully saturated rings. The summed E-state index contributed by atoms with van der Waals surface area (Å²) in [6, 6.07) is 5.34. The topological polar surface area (TPSA) is 17.8 Å². The van der Waals surface area contributed by atoms with E-state index in [2.05, 4.69) is 11.9 Å². The van der Waals surface area contributed by atoms with Gasteiger partial charge in [0.25, 0.3) is 0 Å². The third kappa shape index (κ3) is 1.98. The van der Waals surface area contributed by atoms with Crippen molar-refractivity contribution in [2.45, 2.75) is 26.2 Å². The van der Waals surface area contributed by atoms with E-state index in [0.29, 0.717) is 0 Å². The zero-order chi connectivity index (χ0) is 11.5. The molecule has 0 saturated heterocycles. The van der Waals surface area contributed by atoms with Crippen LogP contribution in [0.1, 0.15) is 31.7 Å². The minimum absolute atomic E-state index is 0.138. The molecule has 1 unspecified atom stereocenters. The van der Waals surface area contributed by atoms with Gasteiger partial charge in [0.05, 0.1) is 6.33 Å². The molecular weight excluding hydrogens is 203 g/mol. The Balaban J connectivity index is 2.37. The van der Waals surface area contributed by atoms with Crippen LogP contribution in [-0.2, 0) is 0 Å². The number of hydrogen-bond acceptors (Lipinski definition) is 1. The van der Waals surface area contributed by atoms with Crippen molar-refractivity contribution in [3.05, 3.63) is 48.3 Å². The SMILES string of the molecule is CCC(C)c1ccc(-n2ccnc2)cc1F. The largest absolute Gasteiger partial charge is 0.306 e. The van der Waals surface area contributed by atoms with Crippen molar-refractivity contribution in [1.82, 2.24) is 9.55 Å². The Labute approximate surface area is 94.8 Å². The molecule has 0 bridgehead atoms. The molecule has 0 aliphatic heterocycles. The van der Waals surface area contributed by atoms with Gasteiger partial charge in [-0.15, -0.1) is 0 Å².